The summed E-state index contributed by atoms with van der Waals surface area (Å²) in [6.45, 7) is 4.76. The Kier molecular flexibility index (Phi) is 3.77. The van der Waals surface area contributed by atoms with Crippen molar-refractivity contribution in [3.8, 4) is 0 Å². The van der Waals surface area contributed by atoms with Gasteiger partial charge in [-0.25, -0.2) is 0 Å². The Bertz CT molecular complexity index is 471. The third kappa shape index (κ3) is 2.97. The first-order valence-electron chi connectivity index (χ1n) is 4.92. The molecule has 0 aliphatic carbocycles. The van der Waals surface area contributed by atoms with Crippen molar-refractivity contribution in [2.45, 2.75) is 30.4 Å². The molecule has 1 aromatic rings. The molecule has 92 valence electrons. The van der Waals surface area contributed by atoms with Gasteiger partial charge in [0.2, 0.25) is 0 Å². The molecule has 0 fully saturated rings. The summed E-state index contributed by atoms with van der Waals surface area (Å²) in [6, 6.07) is 4.66. The van der Waals surface area contributed by atoms with Gasteiger partial charge in [-0.2, -0.15) is 0 Å². The van der Waals surface area contributed by atoms with Crippen LogP contribution in [0.15, 0.2) is 23.1 Å². The number of aliphatic carboxylic acids is 1. The lowest BCUT2D eigenvalue weighted by atomic mass is 10.2. The molecule has 0 aliphatic rings. The highest BCUT2D eigenvalue weighted by Crippen LogP contribution is 2.37. The van der Waals surface area contributed by atoms with Crippen molar-refractivity contribution in [2.24, 2.45) is 0 Å². The van der Waals surface area contributed by atoms with Crippen molar-refractivity contribution in [1.29, 1.82) is 0 Å². The first kappa shape index (κ1) is 13.5. The second-order valence-corrected chi connectivity index (χ2v) is 5.74. The Morgan fingerprint density at radius 3 is 2.53 bits per heavy atom. The topological polar surface area (TPSA) is 80.4 Å². The van der Waals surface area contributed by atoms with Gasteiger partial charge >= 0.3 is 5.97 Å². The molecule has 0 spiro atoms. The molecule has 17 heavy (non-hydrogen) atoms. The number of carboxylic acid groups (broad SMARTS) is 1. The summed E-state index contributed by atoms with van der Waals surface area (Å²) in [4.78, 5) is 21.9. The Morgan fingerprint density at radius 2 is 2.06 bits per heavy atom. The quantitative estimate of drug-likeness (QED) is 0.508. The van der Waals surface area contributed by atoms with Crippen LogP contribution in [0.2, 0.25) is 0 Å². The molecule has 6 heteroatoms. The molecule has 0 amide bonds. The molecule has 0 saturated carbocycles. The van der Waals surface area contributed by atoms with Crippen molar-refractivity contribution in [1.82, 2.24) is 0 Å². The maximum Gasteiger partial charge on any atom is 0.319 e. The Morgan fingerprint density at radius 1 is 1.47 bits per heavy atom. The number of rotatable bonds is 4. The van der Waals surface area contributed by atoms with E-state index < -0.39 is 15.6 Å². The van der Waals surface area contributed by atoms with Crippen molar-refractivity contribution in [3.63, 3.8) is 0 Å². The Hall–Kier alpha value is -1.56. The summed E-state index contributed by atoms with van der Waals surface area (Å²) in [5, 5.41) is 19.8. The highest BCUT2D eigenvalue weighted by Gasteiger charge is 2.30. The van der Waals surface area contributed by atoms with Crippen LogP contribution in [0.4, 0.5) is 5.69 Å². The average Bonchev–Trinajstić information content (AvgIpc) is 2.20. The van der Waals surface area contributed by atoms with Gasteiger partial charge in [-0.15, -0.1) is 11.8 Å². The number of nitrogens with zero attached hydrogens (tertiary/aromatic N) is 1. The number of thioether (sulfide) groups is 1. The van der Waals surface area contributed by atoms with Crippen molar-refractivity contribution in [3.05, 3.63) is 33.9 Å². The predicted molar refractivity (Wildman–Crippen MR) is 65.4 cm³/mol. The highest BCUT2D eigenvalue weighted by atomic mass is 32.2. The monoisotopic (exact) mass is 255 g/mol. The summed E-state index contributed by atoms with van der Waals surface area (Å²) >= 11 is 1.11. The zero-order valence-electron chi connectivity index (χ0n) is 9.76. The van der Waals surface area contributed by atoms with Gasteiger partial charge in [0.15, 0.2) is 0 Å². The number of nitro benzene ring substituents is 1. The van der Waals surface area contributed by atoms with Crippen LogP contribution < -0.4 is 0 Å². The molecule has 0 aromatic heterocycles. The molecular formula is C11H13NO4S. The summed E-state index contributed by atoms with van der Waals surface area (Å²) < 4.78 is -1.01. The van der Waals surface area contributed by atoms with Crippen molar-refractivity contribution in [2.75, 3.05) is 0 Å². The van der Waals surface area contributed by atoms with E-state index in [0.29, 0.717) is 10.5 Å². The third-order valence-electron chi connectivity index (χ3n) is 2.33. The van der Waals surface area contributed by atoms with Crippen LogP contribution in [-0.2, 0) is 4.79 Å². The van der Waals surface area contributed by atoms with Crippen LogP contribution in [0.5, 0.6) is 0 Å². The lowest BCUT2D eigenvalue weighted by Gasteiger charge is -2.19. The largest absolute Gasteiger partial charge is 0.480 e. The maximum atomic E-state index is 11.0. The van der Waals surface area contributed by atoms with Crippen LogP contribution in [0, 0.1) is 17.0 Å². The van der Waals surface area contributed by atoms with Crippen molar-refractivity contribution < 1.29 is 14.8 Å². The summed E-state index contributed by atoms with van der Waals surface area (Å²) in [6.07, 6.45) is 0. The van der Waals surface area contributed by atoms with Crippen LogP contribution in [0.25, 0.3) is 0 Å². The van der Waals surface area contributed by atoms with E-state index in [1.165, 1.54) is 6.07 Å². The first-order valence-corrected chi connectivity index (χ1v) is 5.74. The number of carboxylic acids is 1. The maximum absolute atomic E-state index is 11.0. The molecule has 0 bridgehead atoms. The molecule has 1 N–H and O–H groups in total. The molecule has 5 nitrogen and oxygen atoms in total. The van der Waals surface area contributed by atoms with E-state index in [2.05, 4.69) is 0 Å². The predicted octanol–water partition coefficient (Wildman–Crippen LogP) is 2.86. The second kappa shape index (κ2) is 4.75. The van der Waals surface area contributed by atoms with E-state index >= 15 is 0 Å². The van der Waals surface area contributed by atoms with E-state index in [0.717, 1.165) is 11.8 Å². The zero-order chi connectivity index (χ0) is 13.2. The molecule has 1 aromatic carbocycles. The summed E-state index contributed by atoms with van der Waals surface area (Å²) in [5.41, 5.74) is 0.507. The molecule has 1 rings (SSSR count). The normalized spacial score (nSPS) is 11.2. The molecule has 0 saturated heterocycles. The van der Waals surface area contributed by atoms with Gasteiger partial charge in [-0.3, -0.25) is 14.9 Å². The average molecular weight is 255 g/mol. The Labute approximate surface area is 103 Å². The number of nitro groups is 1. The smallest absolute Gasteiger partial charge is 0.319 e. The first-order chi connectivity index (χ1) is 7.75. The Balaban J connectivity index is 3.13. The fourth-order valence-corrected chi connectivity index (χ4v) is 2.27. The fraction of sp³-hybridized carbons (Fsp3) is 0.364. The lowest BCUT2D eigenvalue weighted by molar-refractivity contribution is -0.385. The zero-order valence-corrected chi connectivity index (χ0v) is 10.6. The van der Waals surface area contributed by atoms with Crippen molar-refractivity contribution >= 4 is 23.4 Å². The highest BCUT2D eigenvalue weighted by molar-refractivity contribution is 8.01. The number of hydrogen-bond donors (Lipinski definition) is 1. The van der Waals surface area contributed by atoms with Gasteiger partial charge in [0.05, 0.1) is 4.92 Å². The van der Waals surface area contributed by atoms with E-state index in [4.69, 9.17) is 5.11 Å². The second-order valence-electron chi connectivity index (χ2n) is 4.07. The van der Waals surface area contributed by atoms with Gasteiger partial charge in [0.25, 0.3) is 5.69 Å². The van der Waals surface area contributed by atoms with Gasteiger partial charge in [-0.1, -0.05) is 6.07 Å². The van der Waals surface area contributed by atoms with E-state index in [9.17, 15) is 14.9 Å². The summed E-state index contributed by atoms with van der Waals surface area (Å²) in [5.74, 6) is -0.951. The van der Waals surface area contributed by atoms with Crippen LogP contribution in [0.1, 0.15) is 19.4 Å². The van der Waals surface area contributed by atoms with Gasteiger partial charge < -0.3 is 5.11 Å². The molecule has 0 aliphatic heterocycles. The number of carbonyl (C=O) groups is 1. The third-order valence-corrected chi connectivity index (χ3v) is 3.68. The molecule has 0 heterocycles. The number of hydrogen-bond acceptors (Lipinski definition) is 4. The van der Waals surface area contributed by atoms with Gasteiger partial charge in [0.1, 0.15) is 4.75 Å². The molecule has 0 unspecified atom stereocenters. The lowest BCUT2D eigenvalue weighted by Crippen LogP contribution is -2.27. The summed E-state index contributed by atoms with van der Waals surface area (Å²) in [7, 11) is 0. The van der Waals surface area contributed by atoms with E-state index in [1.54, 1.807) is 32.9 Å². The van der Waals surface area contributed by atoms with Crippen LogP contribution >= 0.6 is 11.8 Å². The minimum absolute atomic E-state index is 0.0104. The minimum Gasteiger partial charge on any atom is -0.480 e. The van der Waals surface area contributed by atoms with E-state index in [1.807, 2.05) is 0 Å². The minimum atomic E-state index is -1.01. The SMILES string of the molecule is Cc1c(SC(C)(C)C(=O)O)cccc1[N+](=O)[O-]. The van der Waals surface area contributed by atoms with Gasteiger partial charge in [-0.05, 0) is 26.8 Å². The van der Waals surface area contributed by atoms with E-state index in [-0.39, 0.29) is 5.69 Å². The van der Waals surface area contributed by atoms with Crippen LogP contribution in [-0.4, -0.2) is 20.7 Å². The standard InChI is InChI=1S/C11H13NO4S/c1-7-8(12(15)16)5-4-6-9(7)17-11(2,3)10(13)14/h4-6H,1-3H3,(H,13,14). The molecule has 0 radical (unpaired) electrons. The van der Waals surface area contributed by atoms with Crippen LogP contribution in [0.3, 0.4) is 0 Å². The molecular weight excluding hydrogens is 242 g/mol. The van der Waals surface area contributed by atoms with Gasteiger partial charge in [0, 0.05) is 16.5 Å². The fourth-order valence-electron chi connectivity index (χ4n) is 1.23. The number of benzene rings is 1. The molecule has 0 atom stereocenters.